The van der Waals surface area contributed by atoms with E-state index < -0.39 is 0 Å². The molecule has 2 aromatic rings. The van der Waals surface area contributed by atoms with Crippen LogP contribution in [0.5, 0.6) is 0 Å². The third-order valence-electron chi connectivity index (χ3n) is 4.12. The SMILES string of the molecule is CC1(C)CC(=O)Nc2ccc(C(=O)NCCc3ccco3)cc21. The van der Waals surface area contributed by atoms with Crippen molar-refractivity contribution in [2.24, 2.45) is 0 Å². The van der Waals surface area contributed by atoms with Gasteiger partial charge >= 0.3 is 0 Å². The summed E-state index contributed by atoms with van der Waals surface area (Å²) in [5, 5.41) is 5.75. The highest BCUT2D eigenvalue weighted by Gasteiger charge is 2.32. The van der Waals surface area contributed by atoms with Crippen LogP contribution in [-0.2, 0) is 16.6 Å². The third-order valence-corrected chi connectivity index (χ3v) is 4.12. The topological polar surface area (TPSA) is 71.3 Å². The zero-order valence-corrected chi connectivity index (χ0v) is 13.3. The summed E-state index contributed by atoms with van der Waals surface area (Å²) in [7, 11) is 0. The molecule has 0 atom stereocenters. The maximum absolute atomic E-state index is 12.3. The van der Waals surface area contributed by atoms with E-state index in [4.69, 9.17) is 4.42 Å². The summed E-state index contributed by atoms with van der Waals surface area (Å²) in [5.74, 6) is 0.741. The normalized spacial score (nSPS) is 15.7. The highest BCUT2D eigenvalue weighted by Crippen LogP contribution is 2.37. The highest BCUT2D eigenvalue weighted by atomic mass is 16.3. The van der Waals surface area contributed by atoms with Crippen molar-refractivity contribution in [1.29, 1.82) is 0 Å². The van der Waals surface area contributed by atoms with Gasteiger partial charge < -0.3 is 15.1 Å². The smallest absolute Gasteiger partial charge is 0.251 e. The molecular weight excluding hydrogens is 292 g/mol. The van der Waals surface area contributed by atoms with E-state index in [1.807, 2.05) is 32.0 Å². The molecule has 5 nitrogen and oxygen atoms in total. The number of carbonyl (C=O) groups excluding carboxylic acids is 2. The Labute approximate surface area is 135 Å². The maximum atomic E-state index is 12.3. The molecule has 0 aliphatic carbocycles. The van der Waals surface area contributed by atoms with Crippen LogP contribution in [0, 0.1) is 0 Å². The van der Waals surface area contributed by atoms with Crippen LogP contribution in [0.25, 0.3) is 0 Å². The summed E-state index contributed by atoms with van der Waals surface area (Å²) >= 11 is 0. The largest absolute Gasteiger partial charge is 0.469 e. The lowest BCUT2D eigenvalue weighted by molar-refractivity contribution is -0.117. The van der Waals surface area contributed by atoms with Gasteiger partial charge in [0.15, 0.2) is 0 Å². The Hall–Kier alpha value is -2.56. The molecule has 1 aliphatic rings. The van der Waals surface area contributed by atoms with Crippen molar-refractivity contribution in [2.45, 2.75) is 32.1 Å². The molecule has 3 rings (SSSR count). The van der Waals surface area contributed by atoms with E-state index in [0.29, 0.717) is 24.9 Å². The predicted octanol–water partition coefficient (Wildman–Crippen LogP) is 2.87. The molecule has 0 radical (unpaired) electrons. The van der Waals surface area contributed by atoms with Crippen LogP contribution in [0.3, 0.4) is 0 Å². The summed E-state index contributed by atoms with van der Waals surface area (Å²) in [6.45, 7) is 4.55. The highest BCUT2D eigenvalue weighted by molar-refractivity contribution is 5.98. The standard InChI is InChI=1S/C18H20N2O3/c1-18(2)11-16(21)20-15-6-5-12(10-14(15)18)17(22)19-8-7-13-4-3-9-23-13/h3-6,9-10H,7-8,11H2,1-2H3,(H,19,22)(H,20,21). The maximum Gasteiger partial charge on any atom is 0.251 e. The molecule has 0 saturated heterocycles. The lowest BCUT2D eigenvalue weighted by Gasteiger charge is -2.32. The predicted molar refractivity (Wildman–Crippen MR) is 87.5 cm³/mol. The van der Waals surface area contributed by atoms with Crippen molar-refractivity contribution in [2.75, 3.05) is 11.9 Å². The molecule has 1 aromatic carbocycles. The Bertz CT molecular complexity index is 733. The second-order valence-corrected chi connectivity index (χ2v) is 6.45. The van der Waals surface area contributed by atoms with Gasteiger partial charge in [-0.05, 0) is 35.9 Å². The fourth-order valence-corrected chi connectivity index (χ4v) is 2.90. The van der Waals surface area contributed by atoms with E-state index in [0.717, 1.165) is 17.0 Å². The first-order chi connectivity index (χ1) is 11.0. The Morgan fingerprint density at radius 2 is 2.17 bits per heavy atom. The van der Waals surface area contributed by atoms with Gasteiger partial charge in [-0.3, -0.25) is 9.59 Å². The van der Waals surface area contributed by atoms with Crippen LogP contribution in [0.4, 0.5) is 5.69 Å². The van der Waals surface area contributed by atoms with E-state index in [2.05, 4.69) is 10.6 Å². The minimum atomic E-state index is -0.276. The van der Waals surface area contributed by atoms with Crippen molar-refractivity contribution in [3.8, 4) is 0 Å². The first-order valence-corrected chi connectivity index (χ1v) is 7.71. The van der Waals surface area contributed by atoms with Crippen molar-refractivity contribution in [3.05, 3.63) is 53.5 Å². The summed E-state index contributed by atoms with van der Waals surface area (Å²) in [6, 6.07) is 9.13. The van der Waals surface area contributed by atoms with Gasteiger partial charge in [-0.1, -0.05) is 13.8 Å². The van der Waals surface area contributed by atoms with Crippen LogP contribution < -0.4 is 10.6 Å². The Kier molecular flexibility index (Phi) is 3.94. The Morgan fingerprint density at radius 1 is 1.35 bits per heavy atom. The Morgan fingerprint density at radius 3 is 2.91 bits per heavy atom. The van der Waals surface area contributed by atoms with Crippen molar-refractivity contribution >= 4 is 17.5 Å². The molecule has 0 spiro atoms. The van der Waals surface area contributed by atoms with Gasteiger partial charge in [0.1, 0.15) is 5.76 Å². The van der Waals surface area contributed by atoms with E-state index in [1.54, 1.807) is 18.4 Å². The number of amides is 2. The average Bonchev–Trinajstić information content (AvgIpc) is 2.99. The first-order valence-electron chi connectivity index (χ1n) is 7.71. The number of carbonyl (C=O) groups is 2. The zero-order chi connectivity index (χ0) is 16.4. The minimum Gasteiger partial charge on any atom is -0.469 e. The quantitative estimate of drug-likeness (QED) is 0.912. The molecule has 120 valence electrons. The van der Waals surface area contributed by atoms with Gasteiger partial charge in [0.05, 0.1) is 6.26 Å². The van der Waals surface area contributed by atoms with Crippen LogP contribution in [0.1, 0.15) is 41.9 Å². The summed E-state index contributed by atoms with van der Waals surface area (Å²) in [6.07, 6.45) is 2.70. The molecule has 2 N–H and O–H groups in total. The third kappa shape index (κ3) is 3.28. The minimum absolute atomic E-state index is 0.0122. The number of furan rings is 1. The number of hydrogen-bond donors (Lipinski definition) is 2. The molecular formula is C18H20N2O3. The second kappa shape index (κ2) is 5.91. The van der Waals surface area contributed by atoms with E-state index in [9.17, 15) is 9.59 Å². The van der Waals surface area contributed by atoms with Crippen molar-refractivity contribution in [3.63, 3.8) is 0 Å². The van der Waals surface area contributed by atoms with Crippen LogP contribution in [0.2, 0.25) is 0 Å². The van der Waals surface area contributed by atoms with Gasteiger partial charge in [-0.2, -0.15) is 0 Å². The Balaban J connectivity index is 1.71. The number of anilines is 1. The van der Waals surface area contributed by atoms with E-state index >= 15 is 0 Å². The lowest BCUT2D eigenvalue weighted by atomic mass is 9.77. The van der Waals surface area contributed by atoms with Gasteiger partial charge in [-0.15, -0.1) is 0 Å². The first kappa shape index (κ1) is 15.3. The molecule has 0 saturated carbocycles. The van der Waals surface area contributed by atoms with Gasteiger partial charge in [0.25, 0.3) is 5.91 Å². The van der Waals surface area contributed by atoms with Crippen LogP contribution in [0.15, 0.2) is 41.0 Å². The molecule has 1 aromatic heterocycles. The number of benzene rings is 1. The van der Waals surface area contributed by atoms with Crippen LogP contribution in [-0.4, -0.2) is 18.4 Å². The summed E-state index contributed by atoms with van der Waals surface area (Å²) in [5.41, 5.74) is 2.11. The fraction of sp³-hybridized carbons (Fsp3) is 0.333. The molecule has 0 bridgehead atoms. The average molecular weight is 312 g/mol. The van der Waals surface area contributed by atoms with Gasteiger partial charge in [-0.25, -0.2) is 0 Å². The molecule has 1 aliphatic heterocycles. The number of rotatable bonds is 4. The molecule has 23 heavy (non-hydrogen) atoms. The lowest BCUT2D eigenvalue weighted by Crippen LogP contribution is -2.33. The summed E-state index contributed by atoms with van der Waals surface area (Å²) < 4.78 is 5.24. The molecule has 5 heteroatoms. The van der Waals surface area contributed by atoms with Crippen molar-refractivity contribution < 1.29 is 14.0 Å². The number of fused-ring (bicyclic) bond motifs is 1. The zero-order valence-electron chi connectivity index (χ0n) is 13.3. The molecule has 0 fully saturated rings. The second-order valence-electron chi connectivity index (χ2n) is 6.45. The van der Waals surface area contributed by atoms with E-state index in [-0.39, 0.29) is 17.2 Å². The number of hydrogen-bond acceptors (Lipinski definition) is 3. The van der Waals surface area contributed by atoms with Crippen LogP contribution >= 0.6 is 0 Å². The monoisotopic (exact) mass is 312 g/mol. The molecule has 0 unspecified atom stereocenters. The van der Waals surface area contributed by atoms with Gasteiger partial charge in [0, 0.05) is 36.1 Å². The molecule has 2 amide bonds. The van der Waals surface area contributed by atoms with Gasteiger partial charge in [0.2, 0.25) is 5.91 Å². The summed E-state index contributed by atoms with van der Waals surface area (Å²) in [4.78, 5) is 24.0. The number of nitrogens with one attached hydrogen (secondary N) is 2. The van der Waals surface area contributed by atoms with E-state index in [1.165, 1.54) is 0 Å². The fourth-order valence-electron chi connectivity index (χ4n) is 2.90. The molecule has 2 heterocycles. The van der Waals surface area contributed by atoms with Crippen molar-refractivity contribution in [1.82, 2.24) is 5.32 Å².